The van der Waals surface area contributed by atoms with Crippen molar-refractivity contribution in [2.24, 2.45) is 0 Å². The molecule has 1 atom stereocenters. The summed E-state index contributed by atoms with van der Waals surface area (Å²) in [4.78, 5) is 14.8. The van der Waals surface area contributed by atoms with Crippen molar-refractivity contribution in [3.05, 3.63) is 17.0 Å². The van der Waals surface area contributed by atoms with Gasteiger partial charge in [0.25, 0.3) is 0 Å². The minimum absolute atomic E-state index is 0.104. The number of nitrogens with one attached hydrogen (secondary N) is 1. The highest BCUT2D eigenvalue weighted by Crippen LogP contribution is 2.37. The normalized spacial score (nSPS) is 24.7. The van der Waals surface area contributed by atoms with Gasteiger partial charge in [-0.25, -0.2) is 0 Å². The zero-order chi connectivity index (χ0) is 15.7. The highest BCUT2D eigenvalue weighted by Gasteiger charge is 2.38. The van der Waals surface area contributed by atoms with E-state index in [1.54, 1.807) is 0 Å². The minimum Gasteiger partial charge on any atom is -0.389 e. The lowest BCUT2D eigenvalue weighted by molar-refractivity contribution is -0.138. The van der Waals surface area contributed by atoms with Crippen LogP contribution in [-0.4, -0.2) is 38.3 Å². The first-order valence-electron chi connectivity index (χ1n) is 8.53. The van der Waals surface area contributed by atoms with Gasteiger partial charge in [-0.2, -0.15) is 5.10 Å². The molecule has 2 heterocycles. The Kier molecular flexibility index (Phi) is 4.26. The highest BCUT2D eigenvalue weighted by molar-refractivity contribution is 5.78. The number of H-pyrrole nitrogens is 1. The van der Waals surface area contributed by atoms with E-state index in [9.17, 15) is 9.90 Å². The van der Waals surface area contributed by atoms with Gasteiger partial charge in [0, 0.05) is 17.8 Å². The molecule has 3 rings (SSSR count). The van der Waals surface area contributed by atoms with E-state index in [0.29, 0.717) is 0 Å². The number of likely N-dealkylation sites (tertiary alicyclic amines) is 1. The van der Waals surface area contributed by atoms with Gasteiger partial charge in [-0.15, -0.1) is 0 Å². The topological polar surface area (TPSA) is 69.2 Å². The molecule has 0 aromatic carbocycles. The van der Waals surface area contributed by atoms with Crippen molar-refractivity contribution in [2.45, 2.75) is 76.9 Å². The van der Waals surface area contributed by atoms with E-state index in [2.05, 4.69) is 10.2 Å². The molecule has 1 saturated carbocycles. The largest absolute Gasteiger partial charge is 0.389 e. The Morgan fingerprint density at radius 1 is 1.32 bits per heavy atom. The van der Waals surface area contributed by atoms with Crippen LogP contribution in [0.4, 0.5) is 0 Å². The van der Waals surface area contributed by atoms with Crippen LogP contribution in [0.25, 0.3) is 0 Å². The molecule has 1 unspecified atom stereocenters. The molecule has 2 N–H and O–H groups in total. The van der Waals surface area contributed by atoms with E-state index in [4.69, 9.17) is 0 Å². The van der Waals surface area contributed by atoms with E-state index in [0.717, 1.165) is 56.5 Å². The molecule has 1 aliphatic carbocycles. The molecule has 122 valence electrons. The van der Waals surface area contributed by atoms with Crippen molar-refractivity contribution in [1.29, 1.82) is 0 Å². The smallest absolute Gasteiger partial charge is 0.225 e. The lowest BCUT2D eigenvalue weighted by atomic mass is 9.82. The first-order valence-corrected chi connectivity index (χ1v) is 8.53. The standard InChI is InChI=1S/C17H27N3O2/c1-12-16(13(2)19-18-12)14-7-6-10-20(14)15(21)11-17(22)8-4-3-5-9-17/h14,22H,3-11H2,1-2H3,(H,18,19). The molecule has 0 radical (unpaired) electrons. The molecular weight excluding hydrogens is 278 g/mol. The molecule has 5 heteroatoms. The van der Waals surface area contributed by atoms with E-state index in [1.165, 1.54) is 12.0 Å². The summed E-state index contributed by atoms with van der Waals surface area (Å²) in [7, 11) is 0. The van der Waals surface area contributed by atoms with Gasteiger partial charge >= 0.3 is 0 Å². The van der Waals surface area contributed by atoms with Crippen LogP contribution >= 0.6 is 0 Å². The number of carbonyl (C=O) groups is 1. The Morgan fingerprint density at radius 2 is 2.05 bits per heavy atom. The van der Waals surface area contributed by atoms with Crippen molar-refractivity contribution >= 4 is 5.91 Å². The van der Waals surface area contributed by atoms with Gasteiger partial charge in [0.05, 0.1) is 23.8 Å². The Morgan fingerprint density at radius 3 is 2.68 bits per heavy atom. The second-order valence-corrected chi connectivity index (χ2v) is 7.05. The number of aromatic amines is 1. The number of carbonyl (C=O) groups excluding carboxylic acids is 1. The number of hydrogen-bond donors (Lipinski definition) is 2. The zero-order valence-corrected chi connectivity index (χ0v) is 13.7. The summed E-state index contributed by atoms with van der Waals surface area (Å²) < 4.78 is 0. The van der Waals surface area contributed by atoms with Crippen molar-refractivity contribution < 1.29 is 9.90 Å². The van der Waals surface area contributed by atoms with Crippen LogP contribution in [0.15, 0.2) is 0 Å². The van der Waals surface area contributed by atoms with Gasteiger partial charge in [0.1, 0.15) is 0 Å². The Bertz CT molecular complexity index is 527. The molecule has 0 spiro atoms. The number of aliphatic hydroxyl groups is 1. The van der Waals surface area contributed by atoms with Crippen LogP contribution in [0, 0.1) is 13.8 Å². The van der Waals surface area contributed by atoms with E-state index in [1.807, 2.05) is 18.7 Å². The van der Waals surface area contributed by atoms with E-state index >= 15 is 0 Å². The van der Waals surface area contributed by atoms with Gasteiger partial charge in [-0.05, 0) is 39.5 Å². The van der Waals surface area contributed by atoms with Crippen LogP contribution < -0.4 is 0 Å². The molecule has 5 nitrogen and oxygen atoms in total. The summed E-state index contributed by atoms with van der Waals surface area (Å²) in [6, 6.07) is 0.124. The first kappa shape index (κ1) is 15.5. The minimum atomic E-state index is -0.775. The molecule has 22 heavy (non-hydrogen) atoms. The summed E-state index contributed by atoms with van der Waals surface area (Å²) >= 11 is 0. The second-order valence-electron chi connectivity index (χ2n) is 7.05. The third-order valence-corrected chi connectivity index (χ3v) is 5.36. The molecular formula is C17H27N3O2. The Balaban J connectivity index is 1.74. The van der Waals surface area contributed by atoms with Gasteiger partial charge in [0.15, 0.2) is 0 Å². The fourth-order valence-corrected chi connectivity index (χ4v) is 4.19. The average Bonchev–Trinajstić information content (AvgIpc) is 3.06. The van der Waals surface area contributed by atoms with E-state index in [-0.39, 0.29) is 18.4 Å². The molecule has 1 amide bonds. The monoisotopic (exact) mass is 305 g/mol. The molecule has 2 fully saturated rings. The molecule has 1 aromatic heterocycles. The molecule has 1 aliphatic heterocycles. The molecule has 2 aliphatic rings. The molecule has 1 saturated heterocycles. The summed E-state index contributed by atoms with van der Waals surface area (Å²) in [5, 5.41) is 18.0. The maximum Gasteiger partial charge on any atom is 0.225 e. The lowest BCUT2D eigenvalue weighted by Crippen LogP contribution is -2.40. The number of rotatable bonds is 3. The van der Waals surface area contributed by atoms with Gasteiger partial charge in [-0.3, -0.25) is 9.89 Å². The summed E-state index contributed by atoms with van der Waals surface area (Å²) in [6.07, 6.45) is 7.07. The van der Waals surface area contributed by atoms with Gasteiger partial charge in [-0.1, -0.05) is 19.3 Å². The predicted octanol–water partition coefficient (Wildman–Crippen LogP) is 2.78. The fourth-order valence-electron chi connectivity index (χ4n) is 4.19. The summed E-state index contributed by atoms with van der Waals surface area (Å²) in [5.74, 6) is 0.104. The number of hydrogen-bond acceptors (Lipinski definition) is 3. The molecule has 0 bridgehead atoms. The van der Waals surface area contributed by atoms with Crippen molar-refractivity contribution in [2.75, 3.05) is 6.54 Å². The Labute approximate surface area is 132 Å². The number of aryl methyl sites for hydroxylation is 2. The van der Waals surface area contributed by atoms with Crippen LogP contribution in [0.1, 0.15) is 74.4 Å². The highest BCUT2D eigenvalue weighted by atomic mass is 16.3. The number of nitrogens with zero attached hydrogens (tertiary/aromatic N) is 2. The maximum atomic E-state index is 12.8. The maximum absolute atomic E-state index is 12.8. The number of amides is 1. The fraction of sp³-hybridized carbons (Fsp3) is 0.765. The molecule has 1 aromatic rings. The Hall–Kier alpha value is -1.36. The number of aromatic nitrogens is 2. The summed E-state index contributed by atoms with van der Waals surface area (Å²) in [5.41, 5.74) is 2.43. The lowest BCUT2D eigenvalue weighted by Gasteiger charge is -2.34. The first-order chi connectivity index (χ1) is 10.5. The van der Waals surface area contributed by atoms with Crippen molar-refractivity contribution in [1.82, 2.24) is 15.1 Å². The SMILES string of the molecule is Cc1n[nH]c(C)c1C1CCCN1C(=O)CC1(O)CCCCC1. The van der Waals surface area contributed by atoms with Crippen molar-refractivity contribution in [3.63, 3.8) is 0 Å². The van der Waals surface area contributed by atoms with Crippen LogP contribution in [0.5, 0.6) is 0 Å². The van der Waals surface area contributed by atoms with Crippen LogP contribution in [0.3, 0.4) is 0 Å². The van der Waals surface area contributed by atoms with E-state index < -0.39 is 5.60 Å². The summed E-state index contributed by atoms with van der Waals surface area (Å²) in [6.45, 7) is 4.81. The predicted molar refractivity (Wildman–Crippen MR) is 84.4 cm³/mol. The van der Waals surface area contributed by atoms with Crippen LogP contribution in [-0.2, 0) is 4.79 Å². The third-order valence-electron chi connectivity index (χ3n) is 5.36. The van der Waals surface area contributed by atoms with Gasteiger partial charge in [0.2, 0.25) is 5.91 Å². The van der Waals surface area contributed by atoms with Gasteiger partial charge < -0.3 is 10.0 Å². The average molecular weight is 305 g/mol. The zero-order valence-electron chi connectivity index (χ0n) is 13.7. The quantitative estimate of drug-likeness (QED) is 0.902. The van der Waals surface area contributed by atoms with Crippen LogP contribution in [0.2, 0.25) is 0 Å². The van der Waals surface area contributed by atoms with Crippen molar-refractivity contribution in [3.8, 4) is 0 Å². The third kappa shape index (κ3) is 2.91. The second kappa shape index (κ2) is 6.03.